The van der Waals surface area contributed by atoms with E-state index in [-0.39, 0.29) is 0 Å². The smallest absolute Gasteiger partial charge is 0.0587 e. The van der Waals surface area contributed by atoms with E-state index in [1.165, 1.54) is 10.5 Å². The fourth-order valence-corrected chi connectivity index (χ4v) is 2.57. The minimum atomic E-state index is 0.748. The van der Waals surface area contributed by atoms with Gasteiger partial charge in [0.2, 0.25) is 0 Å². The summed E-state index contributed by atoms with van der Waals surface area (Å²) in [6.45, 7) is 2.51. The lowest BCUT2D eigenvalue weighted by atomic mass is 10.2. The Morgan fingerprint density at radius 1 is 1.15 bits per heavy atom. The predicted molar refractivity (Wildman–Crippen MR) is 83.8 cm³/mol. The maximum absolute atomic E-state index is 5.00. The number of nitrogens with one attached hydrogen (secondary N) is 1. The number of aromatic nitrogens is 1. The SMILES string of the molecule is COCCNCc1ccc(SCc2ccccn2)cc1. The van der Waals surface area contributed by atoms with Crippen molar-refractivity contribution in [3.8, 4) is 0 Å². The molecule has 0 radical (unpaired) electrons. The number of methoxy groups -OCH3 is 1. The summed E-state index contributed by atoms with van der Waals surface area (Å²) in [7, 11) is 1.72. The number of benzene rings is 1. The molecule has 1 aromatic heterocycles. The average Bonchev–Trinajstić information content (AvgIpc) is 2.52. The van der Waals surface area contributed by atoms with E-state index in [2.05, 4.69) is 40.6 Å². The van der Waals surface area contributed by atoms with Gasteiger partial charge in [0.1, 0.15) is 0 Å². The van der Waals surface area contributed by atoms with Gasteiger partial charge >= 0.3 is 0 Å². The van der Waals surface area contributed by atoms with Crippen LogP contribution in [0.3, 0.4) is 0 Å². The topological polar surface area (TPSA) is 34.1 Å². The van der Waals surface area contributed by atoms with Gasteiger partial charge < -0.3 is 10.1 Å². The van der Waals surface area contributed by atoms with Crippen molar-refractivity contribution >= 4 is 11.8 Å². The second-order valence-electron chi connectivity index (χ2n) is 4.42. The van der Waals surface area contributed by atoms with Gasteiger partial charge in [-0.3, -0.25) is 4.98 Å². The first kappa shape index (κ1) is 15.0. The molecule has 0 fully saturated rings. The van der Waals surface area contributed by atoms with Crippen LogP contribution in [0.15, 0.2) is 53.6 Å². The minimum Gasteiger partial charge on any atom is -0.383 e. The van der Waals surface area contributed by atoms with Crippen LogP contribution in [-0.4, -0.2) is 25.2 Å². The lowest BCUT2D eigenvalue weighted by molar-refractivity contribution is 0.199. The average molecular weight is 288 g/mol. The molecule has 20 heavy (non-hydrogen) atoms. The summed E-state index contributed by atoms with van der Waals surface area (Å²) in [5.74, 6) is 0.909. The largest absolute Gasteiger partial charge is 0.383 e. The molecule has 0 saturated heterocycles. The zero-order valence-electron chi connectivity index (χ0n) is 11.7. The van der Waals surface area contributed by atoms with Crippen LogP contribution in [0.5, 0.6) is 0 Å². The van der Waals surface area contributed by atoms with Crippen LogP contribution in [0.4, 0.5) is 0 Å². The highest BCUT2D eigenvalue weighted by Crippen LogP contribution is 2.22. The first-order valence-corrected chi connectivity index (χ1v) is 7.68. The van der Waals surface area contributed by atoms with E-state index in [4.69, 9.17) is 4.74 Å². The van der Waals surface area contributed by atoms with Gasteiger partial charge in [-0.1, -0.05) is 18.2 Å². The first-order chi connectivity index (χ1) is 9.88. The van der Waals surface area contributed by atoms with Gasteiger partial charge in [0.05, 0.1) is 12.3 Å². The third kappa shape index (κ3) is 5.33. The lowest BCUT2D eigenvalue weighted by Crippen LogP contribution is -2.18. The summed E-state index contributed by atoms with van der Waals surface area (Å²) in [4.78, 5) is 5.60. The van der Waals surface area contributed by atoms with Gasteiger partial charge in [-0.15, -0.1) is 11.8 Å². The highest BCUT2D eigenvalue weighted by molar-refractivity contribution is 7.98. The Morgan fingerprint density at radius 2 is 2.00 bits per heavy atom. The Hall–Kier alpha value is -1.36. The van der Waals surface area contributed by atoms with E-state index in [9.17, 15) is 0 Å². The Bertz CT molecular complexity index is 488. The number of hydrogen-bond donors (Lipinski definition) is 1. The molecule has 2 rings (SSSR count). The minimum absolute atomic E-state index is 0.748. The molecule has 2 aromatic rings. The Kier molecular flexibility index (Phi) is 6.57. The molecule has 0 amide bonds. The second kappa shape index (κ2) is 8.74. The standard InChI is InChI=1S/C16H20N2OS/c1-19-11-10-17-12-14-5-7-16(8-6-14)20-13-15-4-2-3-9-18-15/h2-9,17H,10-13H2,1H3. The molecule has 0 aliphatic heterocycles. The van der Waals surface area contributed by atoms with Crippen LogP contribution in [0, 0.1) is 0 Å². The summed E-state index contributed by atoms with van der Waals surface area (Å²) in [6.07, 6.45) is 1.84. The number of pyridine rings is 1. The molecule has 0 spiro atoms. The second-order valence-corrected chi connectivity index (χ2v) is 5.47. The van der Waals surface area contributed by atoms with E-state index in [0.717, 1.165) is 31.1 Å². The number of nitrogens with zero attached hydrogens (tertiary/aromatic N) is 1. The summed E-state index contributed by atoms with van der Waals surface area (Å²) in [5, 5.41) is 3.34. The van der Waals surface area contributed by atoms with E-state index in [1.54, 1.807) is 7.11 Å². The molecule has 0 aliphatic carbocycles. The highest BCUT2D eigenvalue weighted by Gasteiger charge is 1.98. The van der Waals surface area contributed by atoms with E-state index in [1.807, 2.05) is 30.1 Å². The molecule has 3 nitrogen and oxygen atoms in total. The Labute approximate surface area is 124 Å². The van der Waals surface area contributed by atoms with Crippen molar-refractivity contribution in [2.45, 2.75) is 17.2 Å². The van der Waals surface area contributed by atoms with Gasteiger partial charge in [0, 0.05) is 37.0 Å². The van der Waals surface area contributed by atoms with Crippen molar-refractivity contribution in [1.29, 1.82) is 0 Å². The van der Waals surface area contributed by atoms with Crippen molar-refractivity contribution in [2.24, 2.45) is 0 Å². The monoisotopic (exact) mass is 288 g/mol. The Balaban J connectivity index is 1.76. The molecule has 1 aromatic carbocycles. The van der Waals surface area contributed by atoms with Crippen LogP contribution in [0.1, 0.15) is 11.3 Å². The molecule has 0 saturated carbocycles. The van der Waals surface area contributed by atoms with E-state index >= 15 is 0 Å². The van der Waals surface area contributed by atoms with Crippen LogP contribution in [0.2, 0.25) is 0 Å². The molecule has 0 unspecified atom stereocenters. The maximum Gasteiger partial charge on any atom is 0.0587 e. The summed E-state index contributed by atoms with van der Waals surface area (Å²) in [5.41, 5.74) is 2.41. The van der Waals surface area contributed by atoms with E-state index in [0.29, 0.717) is 0 Å². The quantitative estimate of drug-likeness (QED) is 0.598. The fraction of sp³-hybridized carbons (Fsp3) is 0.312. The van der Waals surface area contributed by atoms with Crippen molar-refractivity contribution in [2.75, 3.05) is 20.3 Å². The van der Waals surface area contributed by atoms with Gasteiger partial charge in [-0.25, -0.2) is 0 Å². The normalized spacial score (nSPS) is 10.7. The Morgan fingerprint density at radius 3 is 2.70 bits per heavy atom. The van der Waals surface area contributed by atoms with Gasteiger partial charge in [0.15, 0.2) is 0 Å². The fourth-order valence-electron chi connectivity index (χ4n) is 1.75. The highest BCUT2D eigenvalue weighted by atomic mass is 32.2. The summed E-state index contributed by atoms with van der Waals surface area (Å²) < 4.78 is 5.00. The summed E-state index contributed by atoms with van der Waals surface area (Å²) >= 11 is 1.81. The molecule has 1 N–H and O–H groups in total. The summed E-state index contributed by atoms with van der Waals surface area (Å²) in [6, 6.07) is 14.7. The molecular weight excluding hydrogens is 268 g/mol. The molecule has 1 heterocycles. The van der Waals surface area contributed by atoms with Crippen molar-refractivity contribution < 1.29 is 4.74 Å². The third-order valence-corrected chi connectivity index (χ3v) is 3.89. The van der Waals surface area contributed by atoms with Gasteiger partial charge in [-0.2, -0.15) is 0 Å². The van der Waals surface area contributed by atoms with Gasteiger partial charge in [0.25, 0.3) is 0 Å². The van der Waals surface area contributed by atoms with Crippen LogP contribution in [-0.2, 0) is 17.0 Å². The molecule has 0 bridgehead atoms. The zero-order chi connectivity index (χ0) is 14.0. The number of ether oxygens (including phenoxy) is 1. The van der Waals surface area contributed by atoms with Crippen molar-refractivity contribution in [3.63, 3.8) is 0 Å². The lowest BCUT2D eigenvalue weighted by Gasteiger charge is -2.06. The van der Waals surface area contributed by atoms with Crippen LogP contribution in [0.25, 0.3) is 0 Å². The number of thioether (sulfide) groups is 1. The third-order valence-electron chi connectivity index (χ3n) is 2.85. The van der Waals surface area contributed by atoms with Gasteiger partial charge in [-0.05, 0) is 29.8 Å². The molecular formula is C16H20N2OS. The predicted octanol–water partition coefficient (Wildman–Crippen LogP) is 3.11. The van der Waals surface area contributed by atoms with Crippen molar-refractivity contribution in [3.05, 3.63) is 59.9 Å². The number of rotatable bonds is 8. The van der Waals surface area contributed by atoms with E-state index < -0.39 is 0 Å². The molecule has 0 atom stereocenters. The molecule has 0 aliphatic rings. The van der Waals surface area contributed by atoms with Crippen LogP contribution < -0.4 is 5.32 Å². The van der Waals surface area contributed by atoms with Crippen LogP contribution >= 0.6 is 11.8 Å². The molecule has 106 valence electrons. The first-order valence-electron chi connectivity index (χ1n) is 6.70. The zero-order valence-corrected chi connectivity index (χ0v) is 12.5. The maximum atomic E-state index is 5.00. The molecule has 4 heteroatoms. The number of hydrogen-bond acceptors (Lipinski definition) is 4. The van der Waals surface area contributed by atoms with Crippen molar-refractivity contribution in [1.82, 2.24) is 10.3 Å².